The Morgan fingerprint density at radius 2 is 2.17 bits per heavy atom. The van der Waals surface area contributed by atoms with Gasteiger partial charge in [-0.25, -0.2) is 4.98 Å². The van der Waals surface area contributed by atoms with E-state index < -0.39 is 0 Å². The second-order valence-electron chi connectivity index (χ2n) is 3.48. The number of aromatic nitrogens is 1. The molecule has 0 spiro atoms. The van der Waals surface area contributed by atoms with Crippen molar-refractivity contribution in [3.05, 3.63) is 30.3 Å². The molecule has 0 atom stereocenters. The van der Waals surface area contributed by atoms with Gasteiger partial charge in [-0.1, -0.05) is 30.3 Å². The van der Waals surface area contributed by atoms with Crippen LogP contribution in [0.4, 0.5) is 5.13 Å². The fraction of sp³-hybridized carbons (Fsp3) is 0.0833. The lowest BCUT2D eigenvalue weighted by molar-refractivity contribution is -0.115. The first kappa shape index (κ1) is 12.3. The number of thiazole rings is 1. The number of anilines is 1. The number of carbonyl (C=O) groups is 1. The Balaban J connectivity index is 2.23. The van der Waals surface area contributed by atoms with Crippen LogP contribution in [0.15, 0.2) is 30.3 Å². The van der Waals surface area contributed by atoms with Gasteiger partial charge >= 0.3 is 0 Å². The second-order valence-corrected chi connectivity index (χ2v) is 4.51. The summed E-state index contributed by atoms with van der Waals surface area (Å²) in [7, 11) is 5.86. The van der Waals surface area contributed by atoms with Crippen molar-refractivity contribution in [1.82, 2.24) is 4.98 Å². The van der Waals surface area contributed by atoms with Crippen LogP contribution in [0.5, 0.6) is 0 Å². The van der Waals surface area contributed by atoms with Crippen molar-refractivity contribution in [2.75, 3.05) is 5.32 Å². The van der Waals surface area contributed by atoms with Gasteiger partial charge < -0.3 is 5.32 Å². The van der Waals surface area contributed by atoms with Gasteiger partial charge in [-0.2, -0.15) is 5.26 Å². The highest BCUT2D eigenvalue weighted by atomic mass is 32.1. The third-order valence-electron chi connectivity index (χ3n) is 2.19. The number of nitrogens with zero attached hydrogens (tertiary/aromatic N) is 2. The fourth-order valence-corrected chi connectivity index (χ4v) is 2.19. The first-order chi connectivity index (χ1) is 8.70. The van der Waals surface area contributed by atoms with Crippen LogP contribution in [0.25, 0.3) is 11.3 Å². The van der Waals surface area contributed by atoms with Gasteiger partial charge in [0, 0.05) is 5.56 Å². The van der Waals surface area contributed by atoms with Crippen LogP contribution in [-0.2, 0) is 4.79 Å². The highest BCUT2D eigenvalue weighted by Gasteiger charge is 2.10. The van der Waals surface area contributed by atoms with Crippen LogP contribution in [-0.4, -0.2) is 18.7 Å². The van der Waals surface area contributed by atoms with Gasteiger partial charge in [0.2, 0.25) is 5.91 Å². The molecule has 86 valence electrons. The van der Waals surface area contributed by atoms with E-state index >= 15 is 0 Å². The van der Waals surface area contributed by atoms with Gasteiger partial charge in [0.1, 0.15) is 14.3 Å². The maximum Gasteiger partial charge on any atom is 0.240 e. The zero-order chi connectivity index (χ0) is 13.0. The van der Waals surface area contributed by atoms with E-state index in [1.807, 2.05) is 30.3 Å². The maximum atomic E-state index is 11.3. The Morgan fingerprint density at radius 3 is 2.83 bits per heavy atom. The summed E-state index contributed by atoms with van der Waals surface area (Å²) in [6.45, 7) is 0. The Hall–Kier alpha value is -2.13. The van der Waals surface area contributed by atoms with E-state index in [4.69, 9.17) is 13.1 Å². The fourth-order valence-electron chi connectivity index (χ4n) is 1.42. The highest BCUT2D eigenvalue weighted by Crippen LogP contribution is 2.21. The van der Waals surface area contributed by atoms with Crippen molar-refractivity contribution in [2.24, 2.45) is 0 Å². The van der Waals surface area contributed by atoms with Crippen LogP contribution >= 0.6 is 11.3 Å². The summed E-state index contributed by atoms with van der Waals surface area (Å²) in [5, 5.41) is 11.3. The standard InChI is InChI=1S/C12H8BN3OS/c13-11-10(8-4-2-1-3-5-8)16-12(18-11)15-9(17)6-7-14/h1-5H,6H2,(H,15,16,17). The number of rotatable bonds is 3. The molecule has 0 unspecified atom stereocenters. The summed E-state index contributed by atoms with van der Waals surface area (Å²) in [5.41, 5.74) is 1.54. The van der Waals surface area contributed by atoms with Crippen molar-refractivity contribution in [1.29, 1.82) is 5.26 Å². The second kappa shape index (κ2) is 5.47. The minimum Gasteiger partial charge on any atom is -0.301 e. The van der Waals surface area contributed by atoms with Crippen molar-refractivity contribution >= 4 is 35.0 Å². The summed E-state index contributed by atoms with van der Waals surface area (Å²) in [5.74, 6) is -0.383. The minimum absolute atomic E-state index is 0.194. The van der Waals surface area contributed by atoms with E-state index in [-0.39, 0.29) is 12.3 Å². The average molecular weight is 253 g/mol. The maximum absolute atomic E-state index is 11.3. The van der Waals surface area contributed by atoms with Gasteiger partial charge in [0.25, 0.3) is 0 Å². The molecule has 4 nitrogen and oxygen atoms in total. The Labute approximate surface area is 110 Å². The zero-order valence-corrected chi connectivity index (χ0v) is 10.2. The number of benzene rings is 1. The summed E-state index contributed by atoms with van der Waals surface area (Å²) >= 11 is 1.19. The molecule has 0 aliphatic carbocycles. The normalized spacial score (nSPS) is 9.72. The zero-order valence-electron chi connectivity index (χ0n) is 9.38. The molecule has 1 heterocycles. The lowest BCUT2D eigenvalue weighted by Crippen LogP contribution is -2.09. The first-order valence-electron chi connectivity index (χ1n) is 5.19. The number of nitriles is 1. The molecule has 1 aromatic heterocycles. The van der Waals surface area contributed by atoms with Gasteiger partial charge in [-0.15, -0.1) is 11.3 Å². The van der Waals surface area contributed by atoms with Crippen LogP contribution in [0.3, 0.4) is 0 Å². The van der Waals surface area contributed by atoms with Crippen molar-refractivity contribution < 1.29 is 4.79 Å². The Morgan fingerprint density at radius 1 is 1.44 bits per heavy atom. The summed E-state index contributed by atoms with van der Waals surface area (Å²) < 4.78 is 0.536. The molecule has 18 heavy (non-hydrogen) atoms. The largest absolute Gasteiger partial charge is 0.301 e. The smallest absolute Gasteiger partial charge is 0.240 e. The van der Waals surface area contributed by atoms with Gasteiger partial charge in [-0.3, -0.25) is 4.79 Å². The van der Waals surface area contributed by atoms with E-state index in [2.05, 4.69) is 10.3 Å². The molecule has 0 aliphatic rings. The molecule has 1 aromatic carbocycles. The highest BCUT2D eigenvalue weighted by molar-refractivity contribution is 7.23. The molecule has 0 saturated carbocycles. The van der Waals surface area contributed by atoms with E-state index in [0.29, 0.717) is 15.6 Å². The molecule has 2 aromatic rings. The topological polar surface area (TPSA) is 65.8 Å². The monoisotopic (exact) mass is 253 g/mol. The molecular weight excluding hydrogens is 245 g/mol. The predicted molar refractivity (Wildman–Crippen MR) is 71.8 cm³/mol. The number of hydrogen-bond donors (Lipinski definition) is 1. The van der Waals surface area contributed by atoms with Crippen LogP contribution in [0.2, 0.25) is 0 Å². The molecule has 2 rings (SSSR count). The van der Waals surface area contributed by atoms with Crippen LogP contribution in [0, 0.1) is 11.3 Å². The number of amides is 1. The number of hydrogen-bond acceptors (Lipinski definition) is 4. The summed E-state index contributed by atoms with van der Waals surface area (Å²) in [4.78, 5) is 15.5. The molecule has 6 heteroatoms. The molecule has 1 amide bonds. The van der Waals surface area contributed by atoms with E-state index in [1.54, 1.807) is 6.07 Å². The SMILES string of the molecule is [B]c1sc(NC(=O)CC#N)nc1-c1ccccc1. The van der Waals surface area contributed by atoms with Crippen LogP contribution < -0.4 is 10.1 Å². The van der Waals surface area contributed by atoms with E-state index in [1.165, 1.54) is 11.3 Å². The quantitative estimate of drug-likeness (QED) is 0.842. The lowest BCUT2D eigenvalue weighted by atomic mass is 10.0. The number of carbonyl (C=O) groups excluding carboxylic acids is 1. The predicted octanol–water partition coefficient (Wildman–Crippen LogP) is 1.46. The van der Waals surface area contributed by atoms with Gasteiger partial charge in [0.15, 0.2) is 5.13 Å². The summed E-state index contributed by atoms with van der Waals surface area (Å²) in [6, 6.07) is 11.3. The Bertz CT molecular complexity index is 604. The van der Waals surface area contributed by atoms with Crippen molar-refractivity contribution in [2.45, 2.75) is 6.42 Å². The molecule has 1 N–H and O–H groups in total. The van der Waals surface area contributed by atoms with Crippen LogP contribution in [0.1, 0.15) is 6.42 Å². The van der Waals surface area contributed by atoms with Crippen molar-refractivity contribution in [3.8, 4) is 17.3 Å². The third-order valence-corrected chi connectivity index (χ3v) is 2.99. The van der Waals surface area contributed by atoms with Gasteiger partial charge in [-0.05, 0) is 4.78 Å². The molecule has 0 bridgehead atoms. The van der Waals surface area contributed by atoms with Crippen molar-refractivity contribution in [3.63, 3.8) is 0 Å². The molecule has 2 radical (unpaired) electrons. The molecular formula is C12H8BN3OS. The first-order valence-corrected chi connectivity index (χ1v) is 6.01. The average Bonchev–Trinajstić information content (AvgIpc) is 2.71. The number of nitrogens with one attached hydrogen (secondary N) is 1. The molecule has 0 aliphatic heterocycles. The molecule has 0 fully saturated rings. The lowest BCUT2D eigenvalue weighted by Gasteiger charge is -1.97. The Kier molecular flexibility index (Phi) is 3.75. The minimum atomic E-state index is -0.383. The van der Waals surface area contributed by atoms with Gasteiger partial charge in [0.05, 0.1) is 11.8 Å². The third kappa shape index (κ3) is 2.76. The van der Waals surface area contributed by atoms with E-state index in [9.17, 15) is 4.79 Å². The van der Waals surface area contributed by atoms with E-state index in [0.717, 1.165) is 5.56 Å². The summed E-state index contributed by atoms with van der Waals surface area (Å²) in [6.07, 6.45) is -0.194. The molecule has 0 saturated heterocycles.